The van der Waals surface area contributed by atoms with E-state index in [1.54, 1.807) is 24.3 Å². The monoisotopic (exact) mass is 431 g/mol. The van der Waals surface area contributed by atoms with E-state index < -0.39 is 10.0 Å². The Morgan fingerprint density at radius 2 is 1.97 bits per heavy atom. The Morgan fingerprint density at radius 3 is 2.62 bits per heavy atom. The van der Waals surface area contributed by atoms with E-state index in [1.165, 1.54) is 35.2 Å². The molecular formula is C20H21N3O4S2. The SMILES string of the molecule is CCCc1cc(C(=O)N/N=C/c2ccc(-c3ccc(S(N)(=O)=O)cc3)o2)sc1C. The number of nitrogens with two attached hydrogens (primary N) is 1. The molecule has 0 bridgehead atoms. The highest BCUT2D eigenvalue weighted by molar-refractivity contribution is 7.89. The van der Waals surface area contributed by atoms with Crippen molar-refractivity contribution in [1.82, 2.24) is 5.43 Å². The van der Waals surface area contributed by atoms with Gasteiger partial charge in [-0.1, -0.05) is 13.3 Å². The first-order valence-electron chi connectivity index (χ1n) is 8.93. The molecule has 3 rings (SSSR count). The molecule has 29 heavy (non-hydrogen) atoms. The van der Waals surface area contributed by atoms with Gasteiger partial charge in [-0.05, 0) is 61.4 Å². The number of carbonyl (C=O) groups excluding carboxylic acids is 1. The highest BCUT2D eigenvalue weighted by Crippen LogP contribution is 2.24. The minimum Gasteiger partial charge on any atom is -0.455 e. The molecule has 0 aliphatic rings. The quantitative estimate of drug-likeness (QED) is 0.438. The molecule has 0 saturated carbocycles. The summed E-state index contributed by atoms with van der Waals surface area (Å²) in [5.74, 6) is 0.726. The van der Waals surface area contributed by atoms with Gasteiger partial charge in [0.2, 0.25) is 10.0 Å². The highest BCUT2D eigenvalue weighted by Gasteiger charge is 2.12. The molecule has 0 atom stereocenters. The standard InChI is InChI=1S/C20H21N3O4S2/c1-3-4-15-11-19(28-13(15)2)20(24)23-22-12-16-7-10-18(27-16)14-5-8-17(9-6-14)29(21,25)26/h5-12H,3-4H2,1-2H3,(H,23,24)(H2,21,25,26)/b22-12+. The van der Waals surface area contributed by atoms with Crippen LogP contribution in [0, 0.1) is 6.92 Å². The number of benzene rings is 1. The topological polar surface area (TPSA) is 115 Å². The molecule has 2 heterocycles. The molecule has 1 aromatic carbocycles. The van der Waals surface area contributed by atoms with Gasteiger partial charge < -0.3 is 4.42 Å². The second-order valence-corrected chi connectivity index (χ2v) is 9.23. The number of carbonyl (C=O) groups is 1. The van der Waals surface area contributed by atoms with Crippen LogP contribution in [0.3, 0.4) is 0 Å². The lowest BCUT2D eigenvalue weighted by molar-refractivity contribution is 0.0959. The zero-order chi connectivity index (χ0) is 21.0. The van der Waals surface area contributed by atoms with Gasteiger partial charge in [-0.3, -0.25) is 4.79 Å². The Bertz CT molecular complexity index is 1140. The Kier molecular flexibility index (Phi) is 6.31. The minimum absolute atomic E-state index is 0.0308. The number of hydrazone groups is 1. The van der Waals surface area contributed by atoms with E-state index in [-0.39, 0.29) is 10.8 Å². The summed E-state index contributed by atoms with van der Waals surface area (Å²) < 4.78 is 28.3. The van der Waals surface area contributed by atoms with Crippen LogP contribution in [-0.2, 0) is 16.4 Å². The maximum absolute atomic E-state index is 12.2. The van der Waals surface area contributed by atoms with Crippen molar-refractivity contribution in [3.8, 4) is 11.3 Å². The van der Waals surface area contributed by atoms with Crippen LogP contribution in [0.25, 0.3) is 11.3 Å². The Hall–Kier alpha value is -2.75. The number of aryl methyl sites for hydroxylation is 2. The molecule has 0 aliphatic carbocycles. The van der Waals surface area contributed by atoms with Crippen molar-refractivity contribution < 1.29 is 17.6 Å². The molecule has 0 saturated heterocycles. The Labute approximate surface area is 173 Å². The molecule has 9 heteroatoms. The number of furan rings is 1. The number of nitrogens with one attached hydrogen (secondary N) is 1. The van der Waals surface area contributed by atoms with Gasteiger partial charge in [0.25, 0.3) is 5.91 Å². The maximum atomic E-state index is 12.2. The molecule has 0 fully saturated rings. The number of hydrogen-bond acceptors (Lipinski definition) is 6. The molecule has 1 amide bonds. The van der Waals surface area contributed by atoms with Crippen molar-refractivity contribution in [2.75, 3.05) is 0 Å². The number of sulfonamides is 1. The first-order valence-corrected chi connectivity index (χ1v) is 11.3. The smallest absolute Gasteiger partial charge is 0.281 e. The van der Waals surface area contributed by atoms with Gasteiger partial charge in [0.15, 0.2) is 0 Å². The average molecular weight is 432 g/mol. The first-order chi connectivity index (χ1) is 13.8. The molecule has 0 spiro atoms. The van der Waals surface area contributed by atoms with Gasteiger partial charge in [-0.2, -0.15) is 5.10 Å². The number of primary sulfonamides is 1. The van der Waals surface area contributed by atoms with Crippen molar-refractivity contribution in [3.05, 3.63) is 63.5 Å². The van der Waals surface area contributed by atoms with Crippen molar-refractivity contribution in [2.24, 2.45) is 10.2 Å². The fourth-order valence-electron chi connectivity index (χ4n) is 2.75. The summed E-state index contributed by atoms with van der Waals surface area (Å²) in [6, 6.07) is 11.4. The second-order valence-electron chi connectivity index (χ2n) is 6.41. The summed E-state index contributed by atoms with van der Waals surface area (Å²) >= 11 is 1.45. The lowest BCUT2D eigenvalue weighted by atomic mass is 10.1. The zero-order valence-corrected chi connectivity index (χ0v) is 17.6. The molecule has 0 unspecified atom stereocenters. The molecule has 2 aromatic heterocycles. The van der Waals surface area contributed by atoms with E-state index in [4.69, 9.17) is 9.56 Å². The van der Waals surface area contributed by atoms with Crippen LogP contribution in [0.1, 0.15) is 39.2 Å². The zero-order valence-electron chi connectivity index (χ0n) is 16.0. The fraction of sp³-hybridized carbons (Fsp3) is 0.200. The number of amides is 1. The van der Waals surface area contributed by atoms with Gasteiger partial charge in [0, 0.05) is 10.4 Å². The Morgan fingerprint density at radius 1 is 1.24 bits per heavy atom. The third-order valence-corrected chi connectivity index (χ3v) is 6.24. The minimum atomic E-state index is -3.74. The molecule has 3 N–H and O–H groups in total. The molecular weight excluding hydrogens is 410 g/mol. The molecule has 0 aliphatic heterocycles. The van der Waals surface area contributed by atoms with E-state index in [0.29, 0.717) is 22.0 Å². The van der Waals surface area contributed by atoms with Gasteiger partial charge in [0.05, 0.1) is 16.0 Å². The van der Waals surface area contributed by atoms with Crippen LogP contribution in [0.5, 0.6) is 0 Å². The molecule has 0 radical (unpaired) electrons. The van der Waals surface area contributed by atoms with Crippen LogP contribution in [-0.4, -0.2) is 20.5 Å². The van der Waals surface area contributed by atoms with Crippen LogP contribution in [0.2, 0.25) is 0 Å². The summed E-state index contributed by atoms with van der Waals surface area (Å²) in [6.45, 7) is 4.11. The summed E-state index contributed by atoms with van der Waals surface area (Å²) in [4.78, 5) is 14.0. The third kappa shape index (κ3) is 5.20. The molecule has 3 aromatic rings. The van der Waals surface area contributed by atoms with Crippen molar-refractivity contribution in [3.63, 3.8) is 0 Å². The summed E-state index contributed by atoms with van der Waals surface area (Å²) in [7, 11) is -3.74. The average Bonchev–Trinajstić information content (AvgIpc) is 3.29. The van der Waals surface area contributed by atoms with Gasteiger partial charge in [-0.15, -0.1) is 11.3 Å². The fourth-order valence-corrected chi connectivity index (χ4v) is 4.22. The lowest BCUT2D eigenvalue weighted by Crippen LogP contribution is -2.16. The predicted octanol–water partition coefficient (Wildman–Crippen LogP) is 3.68. The van der Waals surface area contributed by atoms with E-state index >= 15 is 0 Å². The highest BCUT2D eigenvalue weighted by atomic mass is 32.2. The second kappa shape index (κ2) is 8.73. The largest absolute Gasteiger partial charge is 0.455 e. The van der Waals surface area contributed by atoms with Crippen LogP contribution >= 0.6 is 11.3 Å². The summed E-state index contributed by atoms with van der Waals surface area (Å²) in [5, 5.41) is 9.04. The van der Waals surface area contributed by atoms with E-state index in [2.05, 4.69) is 17.5 Å². The number of hydrogen-bond donors (Lipinski definition) is 2. The van der Waals surface area contributed by atoms with Gasteiger partial charge >= 0.3 is 0 Å². The van der Waals surface area contributed by atoms with Crippen LogP contribution < -0.4 is 10.6 Å². The summed E-state index contributed by atoms with van der Waals surface area (Å²) in [5.41, 5.74) is 4.39. The van der Waals surface area contributed by atoms with Crippen LogP contribution in [0.15, 0.2) is 56.9 Å². The number of rotatable bonds is 7. The lowest BCUT2D eigenvalue weighted by Gasteiger charge is -2.00. The Balaban J connectivity index is 1.64. The third-order valence-electron chi connectivity index (χ3n) is 4.22. The van der Waals surface area contributed by atoms with Crippen molar-refractivity contribution in [2.45, 2.75) is 31.6 Å². The van der Waals surface area contributed by atoms with Crippen molar-refractivity contribution in [1.29, 1.82) is 0 Å². The molecule has 7 nitrogen and oxygen atoms in total. The van der Waals surface area contributed by atoms with E-state index in [0.717, 1.165) is 17.7 Å². The van der Waals surface area contributed by atoms with E-state index in [1.807, 2.05) is 13.0 Å². The summed E-state index contributed by atoms with van der Waals surface area (Å²) in [6.07, 6.45) is 3.39. The van der Waals surface area contributed by atoms with Crippen molar-refractivity contribution >= 4 is 33.5 Å². The van der Waals surface area contributed by atoms with Gasteiger partial charge in [-0.25, -0.2) is 19.0 Å². The normalized spacial score (nSPS) is 11.8. The molecule has 152 valence electrons. The first kappa shape index (κ1) is 21.0. The van der Waals surface area contributed by atoms with Crippen LogP contribution in [0.4, 0.5) is 0 Å². The van der Waals surface area contributed by atoms with E-state index in [9.17, 15) is 13.2 Å². The maximum Gasteiger partial charge on any atom is 0.281 e. The van der Waals surface area contributed by atoms with Gasteiger partial charge in [0.1, 0.15) is 11.5 Å². The predicted molar refractivity (Wildman–Crippen MR) is 114 cm³/mol. The number of nitrogens with zero attached hydrogens (tertiary/aromatic N) is 1. The number of thiophene rings is 1.